The minimum Gasteiger partial charge on any atom is -0.248 e. The first-order valence-electron chi connectivity index (χ1n) is 3.55. The Kier molecular flexibility index (Phi) is 4.20. The van der Waals surface area contributed by atoms with E-state index in [2.05, 4.69) is 45.4 Å². The quantitative estimate of drug-likeness (QED) is 0.453. The lowest BCUT2D eigenvalue weighted by atomic mass is 10.3. The molecule has 0 atom stereocenters. The standard InChI is InChI=1S/C9H8BrNS/c10-9-8(4-1-2-7-12)5-3-6-11-9/h3,5-6,12H,2,7H2. The molecule has 1 aromatic heterocycles. The minimum absolute atomic E-state index is 0.797. The second-order valence-corrected chi connectivity index (χ2v) is 3.32. The summed E-state index contributed by atoms with van der Waals surface area (Å²) in [4.78, 5) is 4.05. The van der Waals surface area contributed by atoms with Gasteiger partial charge in [-0.25, -0.2) is 4.98 Å². The highest BCUT2D eigenvalue weighted by Gasteiger charge is 1.92. The Hall–Kier alpha value is -0.460. The second-order valence-electron chi connectivity index (χ2n) is 2.12. The van der Waals surface area contributed by atoms with Crippen molar-refractivity contribution in [3.05, 3.63) is 28.5 Å². The van der Waals surface area contributed by atoms with Crippen LogP contribution in [0.3, 0.4) is 0 Å². The maximum atomic E-state index is 4.06. The van der Waals surface area contributed by atoms with Crippen molar-refractivity contribution >= 4 is 28.6 Å². The molecule has 0 aliphatic heterocycles. The van der Waals surface area contributed by atoms with Crippen LogP contribution < -0.4 is 0 Å². The second kappa shape index (κ2) is 5.23. The van der Waals surface area contributed by atoms with Crippen LogP contribution in [0.4, 0.5) is 0 Å². The fourth-order valence-electron chi connectivity index (χ4n) is 0.693. The normalized spacial score (nSPS) is 8.83. The number of rotatable bonds is 1. The van der Waals surface area contributed by atoms with Crippen LogP contribution >= 0.6 is 28.6 Å². The summed E-state index contributed by atoms with van der Waals surface area (Å²) in [6.45, 7) is 0. The molecule has 1 aromatic rings. The maximum absolute atomic E-state index is 4.06. The van der Waals surface area contributed by atoms with E-state index >= 15 is 0 Å². The summed E-state index contributed by atoms with van der Waals surface area (Å²) in [5, 5.41) is 0. The van der Waals surface area contributed by atoms with Crippen LogP contribution in [0, 0.1) is 11.8 Å². The monoisotopic (exact) mass is 241 g/mol. The van der Waals surface area contributed by atoms with Crippen LogP contribution in [0.2, 0.25) is 0 Å². The van der Waals surface area contributed by atoms with Gasteiger partial charge in [0.15, 0.2) is 0 Å². The van der Waals surface area contributed by atoms with E-state index in [4.69, 9.17) is 0 Å². The summed E-state index contributed by atoms with van der Waals surface area (Å²) in [5.74, 6) is 6.80. The molecule has 3 heteroatoms. The Labute approximate surface area is 86.1 Å². The van der Waals surface area contributed by atoms with Crippen LogP contribution in [-0.4, -0.2) is 10.7 Å². The first-order valence-corrected chi connectivity index (χ1v) is 4.97. The molecule has 0 amide bonds. The highest BCUT2D eigenvalue weighted by Crippen LogP contribution is 2.10. The molecule has 0 saturated heterocycles. The van der Waals surface area contributed by atoms with Gasteiger partial charge in [0, 0.05) is 18.4 Å². The molecular formula is C9H8BrNS. The van der Waals surface area contributed by atoms with Crippen molar-refractivity contribution in [3.63, 3.8) is 0 Å². The van der Waals surface area contributed by atoms with E-state index < -0.39 is 0 Å². The zero-order chi connectivity index (χ0) is 8.81. The fourth-order valence-corrected chi connectivity index (χ4v) is 1.15. The molecule has 62 valence electrons. The number of thiol groups is 1. The van der Waals surface area contributed by atoms with Gasteiger partial charge in [-0.2, -0.15) is 12.6 Å². The van der Waals surface area contributed by atoms with Gasteiger partial charge >= 0.3 is 0 Å². The summed E-state index contributed by atoms with van der Waals surface area (Å²) in [7, 11) is 0. The van der Waals surface area contributed by atoms with Crippen molar-refractivity contribution in [1.29, 1.82) is 0 Å². The van der Waals surface area contributed by atoms with Gasteiger partial charge in [-0.05, 0) is 28.1 Å². The summed E-state index contributed by atoms with van der Waals surface area (Å²) in [5.41, 5.74) is 0.930. The Morgan fingerprint density at radius 2 is 2.42 bits per heavy atom. The van der Waals surface area contributed by atoms with Gasteiger partial charge in [0.25, 0.3) is 0 Å². The van der Waals surface area contributed by atoms with Crippen molar-refractivity contribution < 1.29 is 0 Å². The average Bonchev–Trinajstić information content (AvgIpc) is 2.09. The van der Waals surface area contributed by atoms with Crippen molar-refractivity contribution in [1.82, 2.24) is 4.98 Å². The van der Waals surface area contributed by atoms with Gasteiger partial charge in [-0.15, -0.1) is 0 Å². The van der Waals surface area contributed by atoms with Crippen molar-refractivity contribution in [2.45, 2.75) is 6.42 Å². The lowest BCUT2D eigenvalue weighted by Crippen LogP contribution is -1.80. The summed E-state index contributed by atoms with van der Waals surface area (Å²) in [6.07, 6.45) is 2.54. The van der Waals surface area contributed by atoms with Gasteiger partial charge in [0.2, 0.25) is 0 Å². The molecule has 0 spiro atoms. The maximum Gasteiger partial charge on any atom is 0.121 e. The molecule has 0 fully saturated rings. The lowest BCUT2D eigenvalue weighted by molar-refractivity contribution is 1.25. The first kappa shape index (κ1) is 9.63. The molecule has 0 aliphatic carbocycles. The number of nitrogens with zero attached hydrogens (tertiary/aromatic N) is 1. The van der Waals surface area contributed by atoms with E-state index in [1.165, 1.54) is 0 Å². The third kappa shape index (κ3) is 2.88. The highest BCUT2D eigenvalue weighted by atomic mass is 79.9. The summed E-state index contributed by atoms with van der Waals surface area (Å²) in [6, 6.07) is 3.80. The predicted octanol–water partition coefficient (Wildman–Crippen LogP) is 2.52. The predicted molar refractivity (Wildman–Crippen MR) is 57.3 cm³/mol. The SMILES string of the molecule is SCCC#Cc1cccnc1Br. The number of pyridine rings is 1. The molecule has 0 aromatic carbocycles. The minimum atomic E-state index is 0.797. The molecule has 1 nitrogen and oxygen atoms in total. The van der Waals surface area contributed by atoms with Crippen LogP contribution in [0.25, 0.3) is 0 Å². The third-order valence-corrected chi connectivity index (χ3v) is 2.07. The smallest absolute Gasteiger partial charge is 0.121 e. The Morgan fingerprint density at radius 3 is 3.08 bits per heavy atom. The van der Waals surface area contributed by atoms with E-state index in [1.54, 1.807) is 6.20 Å². The van der Waals surface area contributed by atoms with Crippen LogP contribution in [0.1, 0.15) is 12.0 Å². The highest BCUT2D eigenvalue weighted by molar-refractivity contribution is 9.10. The molecule has 12 heavy (non-hydrogen) atoms. The zero-order valence-corrected chi connectivity index (χ0v) is 8.90. The van der Waals surface area contributed by atoms with E-state index in [0.29, 0.717) is 0 Å². The van der Waals surface area contributed by atoms with E-state index in [9.17, 15) is 0 Å². The van der Waals surface area contributed by atoms with Gasteiger partial charge in [-0.1, -0.05) is 11.8 Å². The lowest BCUT2D eigenvalue weighted by Gasteiger charge is -1.91. The van der Waals surface area contributed by atoms with Crippen LogP contribution in [0.15, 0.2) is 22.9 Å². The van der Waals surface area contributed by atoms with Crippen LogP contribution in [-0.2, 0) is 0 Å². The van der Waals surface area contributed by atoms with E-state index in [1.807, 2.05) is 12.1 Å². The molecule has 0 aliphatic rings. The topological polar surface area (TPSA) is 12.9 Å². The Bertz CT molecular complexity index is 314. The van der Waals surface area contributed by atoms with Gasteiger partial charge in [0.05, 0.1) is 5.56 Å². The van der Waals surface area contributed by atoms with Crippen molar-refractivity contribution in [3.8, 4) is 11.8 Å². The first-order chi connectivity index (χ1) is 5.84. The van der Waals surface area contributed by atoms with Gasteiger partial charge in [0.1, 0.15) is 4.60 Å². The number of hydrogen-bond donors (Lipinski definition) is 1. The van der Waals surface area contributed by atoms with Crippen molar-refractivity contribution in [2.75, 3.05) is 5.75 Å². The third-order valence-electron chi connectivity index (χ3n) is 1.22. The largest absolute Gasteiger partial charge is 0.248 e. The van der Waals surface area contributed by atoms with E-state index in [-0.39, 0.29) is 0 Å². The molecule has 0 saturated carbocycles. The molecule has 0 bridgehead atoms. The van der Waals surface area contributed by atoms with Crippen molar-refractivity contribution in [2.24, 2.45) is 0 Å². The summed E-state index contributed by atoms with van der Waals surface area (Å²) < 4.78 is 0.802. The molecule has 0 unspecified atom stereocenters. The van der Waals surface area contributed by atoms with Gasteiger partial charge < -0.3 is 0 Å². The molecule has 0 N–H and O–H groups in total. The zero-order valence-electron chi connectivity index (χ0n) is 6.42. The average molecular weight is 242 g/mol. The molecule has 0 radical (unpaired) electrons. The molecule has 1 rings (SSSR count). The molecular weight excluding hydrogens is 234 g/mol. The summed E-state index contributed by atoms with van der Waals surface area (Å²) >= 11 is 7.38. The number of hydrogen-bond acceptors (Lipinski definition) is 2. The van der Waals surface area contributed by atoms with Gasteiger partial charge in [-0.3, -0.25) is 0 Å². The fraction of sp³-hybridized carbons (Fsp3) is 0.222. The van der Waals surface area contributed by atoms with Crippen LogP contribution in [0.5, 0.6) is 0 Å². The number of halogens is 1. The molecule has 1 heterocycles. The number of aromatic nitrogens is 1. The Morgan fingerprint density at radius 1 is 1.58 bits per heavy atom. The Balaban J connectivity index is 2.77. The van der Waals surface area contributed by atoms with E-state index in [0.717, 1.165) is 22.3 Å².